The van der Waals surface area contributed by atoms with Gasteiger partial charge in [0.05, 0.1) is 5.41 Å². The summed E-state index contributed by atoms with van der Waals surface area (Å²) in [6, 6.07) is 7.34. The molecule has 0 atom stereocenters. The zero-order valence-corrected chi connectivity index (χ0v) is 10.9. The first kappa shape index (κ1) is 13.7. The van der Waals surface area contributed by atoms with Crippen LogP contribution in [0.25, 0.3) is 0 Å². The summed E-state index contributed by atoms with van der Waals surface area (Å²) >= 11 is 4.08. The molecule has 0 radical (unpaired) electrons. The summed E-state index contributed by atoms with van der Waals surface area (Å²) in [5.41, 5.74) is 0.818. The highest BCUT2D eigenvalue weighted by Gasteiger charge is 2.28. The number of hydrogen-bond donors (Lipinski definition) is 2. The summed E-state index contributed by atoms with van der Waals surface area (Å²) < 4.78 is 0. The molecule has 0 saturated heterocycles. The molecule has 1 N–H and O–H groups in total. The molecule has 0 unspecified atom stereocenters. The fourth-order valence-electron chi connectivity index (χ4n) is 1.31. The third kappa shape index (κ3) is 3.54. The standard InChI is InChI=1S/C14H16O2S/c1-14(2,13(15)16)12-8-6-11(7-9-12)5-3-4-10-17/h6-9,17H,4,10H2,1-2H3,(H,15,16). The molecule has 2 nitrogen and oxygen atoms in total. The molecule has 90 valence electrons. The van der Waals surface area contributed by atoms with Gasteiger partial charge < -0.3 is 5.11 Å². The minimum absolute atomic E-state index is 0.747. The first-order valence-corrected chi connectivity index (χ1v) is 6.05. The van der Waals surface area contributed by atoms with Crippen LogP contribution in [0.2, 0.25) is 0 Å². The van der Waals surface area contributed by atoms with Gasteiger partial charge in [0.1, 0.15) is 0 Å². The van der Waals surface area contributed by atoms with Crippen molar-refractivity contribution in [2.24, 2.45) is 0 Å². The first-order valence-electron chi connectivity index (χ1n) is 5.42. The molecule has 0 aromatic heterocycles. The average molecular weight is 248 g/mol. The zero-order chi connectivity index (χ0) is 12.9. The van der Waals surface area contributed by atoms with E-state index >= 15 is 0 Å². The maximum Gasteiger partial charge on any atom is 0.313 e. The van der Waals surface area contributed by atoms with E-state index in [0.29, 0.717) is 0 Å². The number of benzene rings is 1. The Morgan fingerprint density at radius 3 is 2.41 bits per heavy atom. The van der Waals surface area contributed by atoms with Gasteiger partial charge in [-0.25, -0.2) is 0 Å². The smallest absolute Gasteiger partial charge is 0.313 e. The number of rotatable bonds is 3. The Bertz CT molecular complexity index is 449. The lowest BCUT2D eigenvalue weighted by molar-refractivity contribution is -0.142. The van der Waals surface area contributed by atoms with Crippen LogP contribution in [-0.4, -0.2) is 16.8 Å². The quantitative estimate of drug-likeness (QED) is 0.637. The lowest BCUT2D eigenvalue weighted by Crippen LogP contribution is -2.28. The fraction of sp³-hybridized carbons (Fsp3) is 0.357. The van der Waals surface area contributed by atoms with E-state index in [9.17, 15) is 4.79 Å². The van der Waals surface area contributed by atoms with Crippen LogP contribution >= 0.6 is 12.6 Å². The predicted octanol–water partition coefficient (Wildman–Crippen LogP) is 2.72. The summed E-state index contributed by atoms with van der Waals surface area (Å²) in [6.07, 6.45) is 0.755. The Balaban J connectivity index is 2.90. The van der Waals surface area contributed by atoms with E-state index in [-0.39, 0.29) is 0 Å². The molecule has 0 heterocycles. The number of carboxylic acid groups (broad SMARTS) is 1. The van der Waals surface area contributed by atoms with Crippen LogP contribution in [0.5, 0.6) is 0 Å². The minimum Gasteiger partial charge on any atom is -0.481 e. The van der Waals surface area contributed by atoms with Crippen LogP contribution < -0.4 is 0 Å². The van der Waals surface area contributed by atoms with Crippen molar-refractivity contribution in [3.8, 4) is 11.8 Å². The predicted molar refractivity (Wildman–Crippen MR) is 72.5 cm³/mol. The SMILES string of the molecule is CC(C)(C(=O)O)c1ccc(C#CCCS)cc1. The van der Waals surface area contributed by atoms with Gasteiger partial charge in [-0.15, -0.1) is 0 Å². The minimum atomic E-state index is -0.864. The van der Waals surface area contributed by atoms with Crippen LogP contribution in [0.4, 0.5) is 0 Å². The van der Waals surface area contributed by atoms with Crippen LogP contribution in [0.3, 0.4) is 0 Å². The van der Waals surface area contributed by atoms with E-state index in [1.165, 1.54) is 0 Å². The molecule has 0 aliphatic carbocycles. The number of carbonyl (C=O) groups is 1. The lowest BCUT2D eigenvalue weighted by atomic mass is 9.84. The maximum absolute atomic E-state index is 11.1. The Morgan fingerprint density at radius 2 is 1.94 bits per heavy atom. The second kappa shape index (κ2) is 5.79. The summed E-state index contributed by atoms with van der Waals surface area (Å²) in [6.45, 7) is 3.38. The Kier molecular flexibility index (Phi) is 4.65. The molecule has 0 aliphatic rings. The topological polar surface area (TPSA) is 37.3 Å². The molecule has 0 bridgehead atoms. The van der Waals surface area contributed by atoms with E-state index in [1.54, 1.807) is 13.8 Å². The van der Waals surface area contributed by atoms with E-state index < -0.39 is 11.4 Å². The van der Waals surface area contributed by atoms with Gasteiger partial charge in [-0.2, -0.15) is 12.6 Å². The molecule has 1 rings (SSSR count). The summed E-state index contributed by atoms with van der Waals surface area (Å²) in [5.74, 6) is 5.92. The molecular weight excluding hydrogens is 232 g/mol. The van der Waals surface area contributed by atoms with Crippen LogP contribution in [-0.2, 0) is 10.2 Å². The number of carboxylic acids is 1. The molecule has 0 amide bonds. The van der Waals surface area contributed by atoms with Crippen molar-refractivity contribution in [2.75, 3.05) is 5.75 Å². The van der Waals surface area contributed by atoms with Gasteiger partial charge in [0.25, 0.3) is 0 Å². The molecule has 0 saturated carbocycles. The Hall–Kier alpha value is -1.40. The molecule has 17 heavy (non-hydrogen) atoms. The van der Waals surface area contributed by atoms with Crippen LogP contribution in [0.1, 0.15) is 31.4 Å². The lowest BCUT2D eigenvalue weighted by Gasteiger charge is -2.19. The third-order valence-electron chi connectivity index (χ3n) is 2.61. The molecule has 0 aliphatic heterocycles. The number of aliphatic carboxylic acids is 1. The maximum atomic E-state index is 11.1. The first-order chi connectivity index (χ1) is 7.98. The third-order valence-corrected chi connectivity index (χ3v) is 2.83. The highest BCUT2D eigenvalue weighted by molar-refractivity contribution is 7.80. The van der Waals surface area contributed by atoms with Gasteiger partial charge in [0.2, 0.25) is 0 Å². The van der Waals surface area contributed by atoms with Gasteiger partial charge in [-0.1, -0.05) is 24.0 Å². The van der Waals surface area contributed by atoms with Crippen LogP contribution in [0.15, 0.2) is 24.3 Å². The van der Waals surface area contributed by atoms with Crippen molar-refractivity contribution in [1.29, 1.82) is 0 Å². The summed E-state index contributed by atoms with van der Waals surface area (Å²) in [7, 11) is 0. The molecular formula is C14H16O2S. The Labute approximate surface area is 107 Å². The van der Waals surface area contributed by atoms with E-state index in [2.05, 4.69) is 24.5 Å². The largest absolute Gasteiger partial charge is 0.481 e. The number of thiol groups is 1. The van der Waals surface area contributed by atoms with Gasteiger partial charge in [0.15, 0.2) is 0 Å². The van der Waals surface area contributed by atoms with E-state index in [4.69, 9.17) is 5.11 Å². The van der Waals surface area contributed by atoms with E-state index in [1.807, 2.05) is 24.3 Å². The summed E-state index contributed by atoms with van der Waals surface area (Å²) in [5, 5.41) is 9.10. The molecule has 1 aromatic rings. The highest BCUT2D eigenvalue weighted by Crippen LogP contribution is 2.23. The zero-order valence-electron chi connectivity index (χ0n) is 10.0. The summed E-state index contributed by atoms with van der Waals surface area (Å²) in [4.78, 5) is 11.1. The van der Waals surface area contributed by atoms with Gasteiger partial charge in [0, 0.05) is 17.7 Å². The van der Waals surface area contributed by atoms with Gasteiger partial charge in [-0.05, 0) is 31.5 Å². The molecule has 0 fully saturated rings. The normalized spacial score (nSPS) is 10.5. The monoisotopic (exact) mass is 248 g/mol. The average Bonchev–Trinajstić information content (AvgIpc) is 2.30. The van der Waals surface area contributed by atoms with Gasteiger partial charge >= 0.3 is 5.97 Å². The Morgan fingerprint density at radius 1 is 1.35 bits per heavy atom. The van der Waals surface area contributed by atoms with Crippen molar-refractivity contribution in [2.45, 2.75) is 25.7 Å². The van der Waals surface area contributed by atoms with Gasteiger partial charge in [-0.3, -0.25) is 4.79 Å². The molecule has 0 spiro atoms. The van der Waals surface area contributed by atoms with E-state index in [0.717, 1.165) is 23.3 Å². The highest BCUT2D eigenvalue weighted by atomic mass is 32.1. The van der Waals surface area contributed by atoms with Crippen molar-refractivity contribution in [3.63, 3.8) is 0 Å². The van der Waals surface area contributed by atoms with Crippen molar-refractivity contribution < 1.29 is 9.90 Å². The number of hydrogen-bond acceptors (Lipinski definition) is 2. The van der Waals surface area contributed by atoms with Crippen molar-refractivity contribution in [3.05, 3.63) is 35.4 Å². The second-order valence-corrected chi connectivity index (χ2v) is 4.73. The van der Waals surface area contributed by atoms with Crippen LogP contribution in [0, 0.1) is 11.8 Å². The molecule has 3 heteroatoms. The fourth-order valence-corrected chi connectivity index (χ4v) is 1.43. The molecule has 1 aromatic carbocycles. The second-order valence-electron chi connectivity index (χ2n) is 4.28. The van der Waals surface area contributed by atoms with Crippen molar-refractivity contribution in [1.82, 2.24) is 0 Å². The van der Waals surface area contributed by atoms with Crippen molar-refractivity contribution >= 4 is 18.6 Å².